The van der Waals surface area contributed by atoms with E-state index in [-0.39, 0.29) is 10.6 Å². The summed E-state index contributed by atoms with van der Waals surface area (Å²) in [6, 6.07) is 11.0. The van der Waals surface area contributed by atoms with Gasteiger partial charge in [0.1, 0.15) is 0 Å². The second kappa shape index (κ2) is 6.17. The monoisotopic (exact) mass is 342 g/mol. The van der Waals surface area contributed by atoms with Gasteiger partial charge in [-0.15, -0.1) is 0 Å². The number of phenols is 1. The van der Waals surface area contributed by atoms with Crippen LogP contribution < -0.4 is 5.32 Å². The predicted octanol–water partition coefficient (Wildman–Crippen LogP) is 3.29. The molecular weight excluding hydrogens is 332 g/mol. The van der Waals surface area contributed by atoms with Gasteiger partial charge in [-0.2, -0.15) is 0 Å². The van der Waals surface area contributed by atoms with E-state index in [9.17, 15) is 24.8 Å². The predicted molar refractivity (Wildman–Crippen MR) is 89.3 cm³/mol. The normalized spacial score (nSPS) is 15.6. The van der Waals surface area contributed by atoms with Gasteiger partial charge >= 0.3 is 5.69 Å². The molecule has 120 valence electrons. The average Bonchev–Trinajstić information content (AvgIpc) is 2.85. The van der Waals surface area contributed by atoms with Crippen molar-refractivity contribution in [1.82, 2.24) is 5.32 Å². The second-order valence-corrected chi connectivity index (χ2v) is 5.92. The summed E-state index contributed by atoms with van der Waals surface area (Å²) < 4.78 is 0. The Labute approximate surface area is 140 Å². The minimum atomic E-state index is -0.657. The smallest absolute Gasteiger partial charge is 0.311 e. The highest BCUT2D eigenvalue weighted by Gasteiger charge is 2.25. The first kappa shape index (κ1) is 15.8. The number of nitro groups is 1. The quantitative estimate of drug-likeness (QED) is 0.503. The van der Waals surface area contributed by atoms with Crippen molar-refractivity contribution in [3.63, 3.8) is 0 Å². The van der Waals surface area contributed by atoms with Gasteiger partial charge in [-0.05, 0) is 35.0 Å². The van der Waals surface area contributed by atoms with Crippen LogP contribution in [0.2, 0.25) is 0 Å². The number of hydrogen-bond acceptors (Lipinski definition) is 6. The molecule has 7 nitrogen and oxygen atoms in total. The first-order valence-electron chi connectivity index (χ1n) is 6.77. The van der Waals surface area contributed by atoms with Crippen LogP contribution in [0.1, 0.15) is 5.56 Å². The van der Waals surface area contributed by atoms with Crippen LogP contribution in [0.25, 0.3) is 17.2 Å². The van der Waals surface area contributed by atoms with E-state index in [0.29, 0.717) is 16.7 Å². The third-order valence-electron chi connectivity index (χ3n) is 3.35. The molecule has 3 rings (SSSR count). The maximum Gasteiger partial charge on any atom is 0.311 e. The Morgan fingerprint density at radius 3 is 2.58 bits per heavy atom. The van der Waals surface area contributed by atoms with Gasteiger partial charge in [0.15, 0.2) is 0 Å². The molecule has 2 N–H and O–H groups in total. The zero-order valence-electron chi connectivity index (χ0n) is 12.1. The van der Waals surface area contributed by atoms with Crippen LogP contribution in [-0.2, 0) is 4.79 Å². The zero-order chi connectivity index (χ0) is 17.3. The van der Waals surface area contributed by atoms with Gasteiger partial charge in [-0.1, -0.05) is 30.3 Å². The van der Waals surface area contributed by atoms with Crippen LogP contribution >= 0.6 is 11.8 Å². The molecule has 2 aromatic carbocycles. The van der Waals surface area contributed by atoms with Crippen LogP contribution in [0.4, 0.5) is 10.5 Å². The van der Waals surface area contributed by atoms with Crippen molar-refractivity contribution in [2.24, 2.45) is 0 Å². The highest BCUT2D eigenvalue weighted by Crippen LogP contribution is 2.37. The molecule has 1 aliphatic heterocycles. The number of nitrogens with one attached hydrogen (secondary N) is 1. The Morgan fingerprint density at radius 2 is 1.92 bits per heavy atom. The lowest BCUT2D eigenvalue weighted by Gasteiger charge is -2.06. The van der Waals surface area contributed by atoms with E-state index >= 15 is 0 Å². The molecule has 1 saturated heterocycles. The van der Waals surface area contributed by atoms with Crippen molar-refractivity contribution < 1.29 is 19.6 Å². The zero-order valence-corrected chi connectivity index (χ0v) is 12.9. The van der Waals surface area contributed by atoms with Crippen molar-refractivity contribution in [3.8, 4) is 16.9 Å². The van der Waals surface area contributed by atoms with Crippen molar-refractivity contribution in [2.45, 2.75) is 0 Å². The second-order valence-electron chi connectivity index (χ2n) is 4.91. The van der Waals surface area contributed by atoms with Crippen LogP contribution in [0.3, 0.4) is 0 Å². The summed E-state index contributed by atoms with van der Waals surface area (Å²) in [7, 11) is 0. The Hall–Kier alpha value is -3.13. The minimum absolute atomic E-state index is 0.264. The van der Waals surface area contributed by atoms with Gasteiger partial charge in [0.2, 0.25) is 5.75 Å². The molecule has 2 amide bonds. The van der Waals surface area contributed by atoms with Gasteiger partial charge in [0.25, 0.3) is 11.1 Å². The fourth-order valence-corrected chi connectivity index (χ4v) is 2.96. The lowest BCUT2D eigenvalue weighted by molar-refractivity contribution is -0.385. The van der Waals surface area contributed by atoms with Crippen molar-refractivity contribution in [3.05, 3.63) is 63.0 Å². The van der Waals surface area contributed by atoms with Crippen LogP contribution in [-0.4, -0.2) is 21.2 Å². The summed E-state index contributed by atoms with van der Waals surface area (Å²) in [4.78, 5) is 33.3. The van der Waals surface area contributed by atoms with E-state index in [2.05, 4.69) is 5.32 Å². The van der Waals surface area contributed by atoms with E-state index in [1.54, 1.807) is 36.4 Å². The number of para-hydroxylation sites is 1. The molecule has 0 aliphatic carbocycles. The minimum Gasteiger partial charge on any atom is -0.502 e. The fraction of sp³-hybridized carbons (Fsp3) is 0. The average molecular weight is 342 g/mol. The first-order valence-corrected chi connectivity index (χ1v) is 7.59. The number of nitrogens with zero attached hydrogens (tertiary/aromatic N) is 1. The molecule has 24 heavy (non-hydrogen) atoms. The topological polar surface area (TPSA) is 110 Å². The number of carbonyl (C=O) groups excluding carboxylic acids is 2. The maximum absolute atomic E-state index is 11.6. The van der Waals surface area contributed by atoms with Crippen LogP contribution in [0.5, 0.6) is 5.75 Å². The van der Waals surface area contributed by atoms with Gasteiger partial charge in [-0.25, -0.2) is 0 Å². The summed E-state index contributed by atoms with van der Waals surface area (Å²) in [5, 5.41) is 22.8. The molecule has 0 saturated carbocycles. The van der Waals surface area contributed by atoms with Gasteiger partial charge < -0.3 is 5.11 Å². The highest BCUT2D eigenvalue weighted by atomic mass is 32.2. The number of benzene rings is 2. The Kier molecular flexibility index (Phi) is 4.05. The number of thioether (sulfide) groups is 1. The van der Waals surface area contributed by atoms with Crippen molar-refractivity contribution >= 4 is 34.7 Å². The molecule has 0 unspecified atom stereocenters. The molecule has 1 fully saturated rings. The number of carbonyl (C=O) groups is 2. The summed E-state index contributed by atoms with van der Waals surface area (Å²) in [6.45, 7) is 0. The molecule has 1 aliphatic rings. The molecule has 2 aromatic rings. The molecule has 1 heterocycles. The number of nitro benzene ring substituents is 1. The van der Waals surface area contributed by atoms with Gasteiger partial charge in [0.05, 0.1) is 9.83 Å². The molecule has 0 aromatic heterocycles. The third kappa shape index (κ3) is 2.99. The molecule has 0 radical (unpaired) electrons. The third-order valence-corrected chi connectivity index (χ3v) is 4.16. The number of aromatic hydroxyl groups is 1. The maximum atomic E-state index is 11.6. The first-order chi connectivity index (χ1) is 11.5. The lowest BCUT2D eigenvalue weighted by Crippen LogP contribution is -2.17. The summed E-state index contributed by atoms with van der Waals surface area (Å²) in [5.74, 6) is -0.885. The molecule has 0 atom stereocenters. The summed E-state index contributed by atoms with van der Waals surface area (Å²) >= 11 is 0.803. The fourth-order valence-electron chi connectivity index (χ4n) is 2.28. The lowest BCUT2D eigenvalue weighted by atomic mass is 10.0. The number of hydrogen-bond donors (Lipinski definition) is 2. The van der Waals surface area contributed by atoms with Gasteiger partial charge in [-0.3, -0.25) is 25.0 Å². The van der Waals surface area contributed by atoms with E-state index in [4.69, 9.17) is 0 Å². The van der Waals surface area contributed by atoms with E-state index in [0.717, 1.165) is 11.8 Å². The highest BCUT2D eigenvalue weighted by molar-refractivity contribution is 8.18. The molecule has 0 spiro atoms. The number of phenolic OH excluding ortho intramolecular Hbond substituents is 1. The van der Waals surface area contributed by atoms with Crippen molar-refractivity contribution in [1.29, 1.82) is 0 Å². The van der Waals surface area contributed by atoms with E-state index < -0.39 is 21.8 Å². The van der Waals surface area contributed by atoms with Gasteiger partial charge in [0, 0.05) is 11.6 Å². The van der Waals surface area contributed by atoms with Crippen LogP contribution in [0, 0.1) is 10.1 Å². The standard InChI is InChI=1S/C16H10N2O5S/c19-14-11(5-2-6-12(14)18(22)23)10-4-1-3-9(7-10)8-13-15(20)17-16(21)24-13/h1-8,19H,(H,17,20,21)/b13-8+. The van der Waals surface area contributed by atoms with Crippen LogP contribution in [0.15, 0.2) is 47.4 Å². The van der Waals surface area contributed by atoms with E-state index in [1.807, 2.05) is 0 Å². The van der Waals surface area contributed by atoms with E-state index in [1.165, 1.54) is 12.1 Å². The Morgan fingerprint density at radius 1 is 1.17 bits per heavy atom. The molecular formula is C16H10N2O5S. The summed E-state index contributed by atoms with van der Waals surface area (Å²) in [6.07, 6.45) is 1.54. The largest absolute Gasteiger partial charge is 0.502 e. The number of amides is 2. The Balaban J connectivity index is 2.02. The molecule has 0 bridgehead atoms. The SMILES string of the molecule is O=C1NC(=O)/C(=C\c2cccc(-c3cccc([N+](=O)[O-])c3O)c2)S1. The van der Waals surface area contributed by atoms with Crippen molar-refractivity contribution in [2.75, 3.05) is 0 Å². The number of imide groups is 1. The Bertz CT molecular complexity index is 907. The number of rotatable bonds is 3. The summed E-state index contributed by atoms with van der Waals surface area (Å²) in [5.41, 5.74) is 1.11. The molecule has 8 heteroatoms.